The summed E-state index contributed by atoms with van der Waals surface area (Å²) in [5.41, 5.74) is 0.841. The number of hydrogen-bond donors (Lipinski definition) is 2. The highest BCUT2D eigenvalue weighted by Gasteiger charge is 2.14. The average molecular weight is 294 g/mol. The third kappa shape index (κ3) is 3.83. The number of halogens is 1. The van der Waals surface area contributed by atoms with E-state index in [2.05, 4.69) is 15.8 Å². The lowest BCUT2D eigenvalue weighted by Crippen LogP contribution is -2.35. The number of carbonyl (C=O) groups excluding carboxylic acids is 2. The van der Waals surface area contributed by atoms with Crippen molar-refractivity contribution in [3.63, 3.8) is 0 Å². The molecule has 0 unspecified atom stereocenters. The zero-order chi connectivity index (χ0) is 14.5. The molecule has 6 nitrogen and oxygen atoms in total. The Morgan fingerprint density at radius 1 is 1.25 bits per heavy atom. The normalized spacial score (nSPS) is 10.1. The van der Waals surface area contributed by atoms with Crippen LogP contribution in [0.15, 0.2) is 34.9 Å². The lowest BCUT2D eigenvalue weighted by molar-refractivity contribution is -0.136. The average Bonchev–Trinajstić information content (AvgIpc) is 2.83. The number of nitrogens with zero attached hydrogens (tertiary/aromatic N) is 1. The van der Waals surface area contributed by atoms with Crippen molar-refractivity contribution in [1.29, 1.82) is 0 Å². The van der Waals surface area contributed by atoms with Crippen molar-refractivity contribution in [3.05, 3.63) is 46.7 Å². The van der Waals surface area contributed by atoms with Crippen LogP contribution in [0.4, 0.5) is 5.82 Å². The van der Waals surface area contributed by atoms with E-state index in [0.717, 1.165) is 5.56 Å². The smallest absolute Gasteiger partial charge is 0.314 e. The predicted octanol–water partition coefficient (Wildman–Crippen LogP) is 1.89. The molecule has 0 radical (unpaired) electrons. The molecule has 0 aliphatic heterocycles. The molecule has 0 spiro atoms. The van der Waals surface area contributed by atoms with E-state index in [9.17, 15) is 9.59 Å². The Kier molecular flexibility index (Phi) is 4.37. The summed E-state index contributed by atoms with van der Waals surface area (Å²) < 4.78 is 4.78. The topological polar surface area (TPSA) is 84.2 Å². The van der Waals surface area contributed by atoms with Gasteiger partial charge in [-0.2, -0.15) is 0 Å². The van der Waals surface area contributed by atoms with E-state index in [4.69, 9.17) is 16.1 Å². The fraction of sp³-hybridized carbons (Fsp3) is 0.154. The first kappa shape index (κ1) is 14.1. The summed E-state index contributed by atoms with van der Waals surface area (Å²) in [5, 5.41) is 9.00. The van der Waals surface area contributed by atoms with Gasteiger partial charge in [0.2, 0.25) is 0 Å². The Morgan fingerprint density at radius 2 is 1.95 bits per heavy atom. The number of rotatable bonds is 3. The van der Waals surface area contributed by atoms with Gasteiger partial charge < -0.3 is 9.84 Å². The van der Waals surface area contributed by atoms with Gasteiger partial charge >= 0.3 is 11.8 Å². The minimum Gasteiger partial charge on any atom is -0.360 e. The van der Waals surface area contributed by atoms with Crippen LogP contribution in [0.5, 0.6) is 0 Å². The van der Waals surface area contributed by atoms with E-state index in [1.807, 2.05) is 0 Å². The highest BCUT2D eigenvalue weighted by atomic mass is 35.5. The van der Waals surface area contributed by atoms with Gasteiger partial charge in [-0.1, -0.05) is 28.9 Å². The van der Waals surface area contributed by atoms with Crippen LogP contribution in [-0.4, -0.2) is 17.0 Å². The van der Waals surface area contributed by atoms with Crippen molar-refractivity contribution in [1.82, 2.24) is 10.5 Å². The van der Waals surface area contributed by atoms with E-state index in [1.54, 1.807) is 31.2 Å². The highest BCUT2D eigenvalue weighted by molar-refractivity contribution is 6.39. The maximum absolute atomic E-state index is 11.6. The summed E-state index contributed by atoms with van der Waals surface area (Å²) >= 11 is 5.75. The Bertz CT molecular complexity index is 622. The minimum absolute atomic E-state index is 0.203. The lowest BCUT2D eigenvalue weighted by atomic mass is 10.2. The van der Waals surface area contributed by atoms with Crippen molar-refractivity contribution in [2.45, 2.75) is 13.5 Å². The van der Waals surface area contributed by atoms with Crippen LogP contribution in [-0.2, 0) is 16.1 Å². The predicted molar refractivity (Wildman–Crippen MR) is 73.2 cm³/mol. The van der Waals surface area contributed by atoms with Crippen LogP contribution in [0.1, 0.15) is 11.3 Å². The quantitative estimate of drug-likeness (QED) is 0.846. The van der Waals surface area contributed by atoms with Crippen LogP contribution in [0.2, 0.25) is 5.02 Å². The second kappa shape index (κ2) is 6.21. The van der Waals surface area contributed by atoms with Crippen LogP contribution >= 0.6 is 11.6 Å². The third-order valence-corrected chi connectivity index (χ3v) is 2.69. The molecule has 7 heteroatoms. The van der Waals surface area contributed by atoms with Crippen molar-refractivity contribution in [2.24, 2.45) is 0 Å². The van der Waals surface area contributed by atoms with E-state index in [1.165, 1.54) is 6.07 Å². The number of benzene rings is 1. The Morgan fingerprint density at radius 3 is 2.55 bits per heavy atom. The van der Waals surface area contributed by atoms with Gasteiger partial charge in [0.15, 0.2) is 5.82 Å². The molecular formula is C13H12ClN3O3. The number of carbonyl (C=O) groups is 2. The molecule has 1 aromatic carbocycles. The molecule has 1 aromatic heterocycles. The van der Waals surface area contributed by atoms with Crippen molar-refractivity contribution < 1.29 is 14.1 Å². The SMILES string of the molecule is Cc1cc(NC(=O)C(=O)NCc2ccc(Cl)cc2)no1. The molecule has 0 bridgehead atoms. The molecular weight excluding hydrogens is 282 g/mol. The van der Waals surface area contributed by atoms with Gasteiger partial charge in [-0.3, -0.25) is 14.9 Å². The van der Waals surface area contributed by atoms with Gasteiger partial charge in [-0.05, 0) is 24.6 Å². The Balaban J connectivity index is 1.85. The van der Waals surface area contributed by atoms with Crippen LogP contribution in [0.25, 0.3) is 0 Å². The molecule has 0 saturated heterocycles. The number of anilines is 1. The number of aromatic nitrogens is 1. The van der Waals surface area contributed by atoms with E-state index in [0.29, 0.717) is 10.8 Å². The summed E-state index contributed by atoms with van der Waals surface area (Å²) in [6.45, 7) is 1.92. The van der Waals surface area contributed by atoms with Gasteiger partial charge in [-0.15, -0.1) is 0 Å². The molecule has 20 heavy (non-hydrogen) atoms. The summed E-state index contributed by atoms with van der Waals surface area (Å²) in [7, 11) is 0. The molecule has 0 aliphatic rings. The van der Waals surface area contributed by atoms with Crippen molar-refractivity contribution in [2.75, 3.05) is 5.32 Å². The molecule has 2 aromatic rings. The van der Waals surface area contributed by atoms with Crippen LogP contribution < -0.4 is 10.6 Å². The molecule has 0 saturated carbocycles. The van der Waals surface area contributed by atoms with E-state index >= 15 is 0 Å². The summed E-state index contributed by atoms with van der Waals surface area (Å²) in [6.07, 6.45) is 0. The zero-order valence-corrected chi connectivity index (χ0v) is 11.4. The van der Waals surface area contributed by atoms with Gasteiger partial charge in [0.05, 0.1) is 0 Å². The standard InChI is InChI=1S/C13H12ClN3O3/c1-8-6-11(17-20-8)16-13(19)12(18)15-7-9-2-4-10(14)5-3-9/h2-6H,7H2,1H3,(H,15,18)(H,16,17,19). The molecule has 104 valence electrons. The lowest BCUT2D eigenvalue weighted by Gasteiger charge is -2.04. The van der Waals surface area contributed by atoms with Crippen LogP contribution in [0, 0.1) is 6.92 Å². The van der Waals surface area contributed by atoms with Crippen LogP contribution in [0.3, 0.4) is 0 Å². The van der Waals surface area contributed by atoms with Gasteiger partial charge in [0.25, 0.3) is 0 Å². The second-order valence-electron chi connectivity index (χ2n) is 4.09. The maximum atomic E-state index is 11.6. The Hall–Kier alpha value is -2.34. The summed E-state index contributed by atoms with van der Waals surface area (Å²) in [5.74, 6) is -0.802. The summed E-state index contributed by atoms with van der Waals surface area (Å²) in [4.78, 5) is 23.2. The highest BCUT2D eigenvalue weighted by Crippen LogP contribution is 2.09. The minimum atomic E-state index is -0.799. The number of aryl methyl sites for hydroxylation is 1. The number of amides is 2. The monoisotopic (exact) mass is 293 g/mol. The van der Waals surface area contributed by atoms with Crippen molar-refractivity contribution in [3.8, 4) is 0 Å². The largest absolute Gasteiger partial charge is 0.360 e. The fourth-order valence-electron chi connectivity index (χ4n) is 1.46. The Labute approximate surface area is 120 Å². The summed E-state index contributed by atoms with van der Waals surface area (Å²) in [6, 6.07) is 8.47. The first-order valence-corrected chi connectivity index (χ1v) is 6.19. The molecule has 2 amide bonds. The molecule has 0 aliphatic carbocycles. The van der Waals surface area contributed by atoms with Crippen molar-refractivity contribution >= 4 is 29.2 Å². The third-order valence-electron chi connectivity index (χ3n) is 2.44. The van der Waals surface area contributed by atoms with E-state index in [-0.39, 0.29) is 12.4 Å². The fourth-order valence-corrected chi connectivity index (χ4v) is 1.59. The molecule has 1 heterocycles. The van der Waals surface area contributed by atoms with Gasteiger partial charge in [0, 0.05) is 17.6 Å². The molecule has 0 fully saturated rings. The van der Waals surface area contributed by atoms with Gasteiger partial charge in [0.1, 0.15) is 5.76 Å². The molecule has 0 atom stereocenters. The zero-order valence-electron chi connectivity index (χ0n) is 10.6. The number of hydrogen-bond acceptors (Lipinski definition) is 4. The molecule has 2 N–H and O–H groups in total. The molecule has 2 rings (SSSR count). The van der Waals surface area contributed by atoms with E-state index < -0.39 is 11.8 Å². The maximum Gasteiger partial charge on any atom is 0.314 e. The van der Waals surface area contributed by atoms with Gasteiger partial charge in [-0.25, -0.2) is 0 Å². The first-order chi connectivity index (χ1) is 9.54. The second-order valence-corrected chi connectivity index (χ2v) is 4.52. The number of nitrogens with one attached hydrogen (secondary N) is 2. The first-order valence-electron chi connectivity index (χ1n) is 5.81.